The van der Waals surface area contributed by atoms with Gasteiger partial charge in [0, 0.05) is 10.9 Å². The van der Waals surface area contributed by atoms with E-state index in [0.29, 0.717) is 6.42 Å². The van der Waals surface area contributed by atoms with E-state index in [2.05, 4.69) is 15.9 Å². The molecule has 3 heteroatoms. The number of hydrogen-bond donors (Lipinski definition) is 1. The zero-order valence-corrected chi connectivity index (χ0v) is 10.6. The van der Waals surface area contributed by atoms with Gasteiger partial charge in [-0.25, -0.2) is 0 Å². The first kappa shape index (κ1) is 11.7. The van der Waals surface area contributed by atoms with E-state index in [4.69, 9.17) is 4.74 Å². The van der Waals surface area contributed by atoms with Crippen molar-refractivity contribution in [2.24, 2.45) is 0 Å². The van der Waals surface area contributed by atoms with E-state index >= 15 is 0 Å². The van der Waals surface area contributed by atoms with Crippen molar-refractivity contribution in [1.82, 2.24) is 0 Å². The van der Waals surface area contributed by atoms with Crippen LogP contribution >= 0.6 is 15.9 Å². The van der Waals surface area contributed by atoms with Crippen LogP contribution in [0, 0.1) is 0 Å². The predicted molar refractivity (Wildman–Crippen MR) is 67.1 cm³/mol. The number of halogens is 1. The van der Waals surface area contributed by atoms with E-state index in [9.17, 15) is 5.11 Å². The number of allylic oxidation sites excluding steroid dienone is 1. The van der Waals surface area contributed by atoms with Crippen molar-refractivity contribution >= 4 is 15.9 Å². The Balaban J connectivity index is 1.98. The average Bonchev–Trinajstić information content (AvgIpc) is 2.33. The van der Waals surface area contributed by atoms with E-state index in [1.807, 2.05) is 30.3 Å². The number of aliphatic hydroxyl groups excluding tert-OH is 1. The van der Waals surface area contributed by atoms with Gasteiger partial charge < -0.3 is 9.84 Å². The van der Waals surface area contributed by atoms with Crippen LogP contribution in [0.3, 0.4) is 0 Å². The molecule has 0 aromatic heterocycles. The molecular formula is C13H15BrO2. The van der Waals surface area contributed by atoms with Crippen LogP contribution in [0.1, 0.15) is 18.4 Å². The van der Waals surface area contributed by atoms with E-state index in [0.717, 1.165) is 35.2 Å². The Labute approximate surface area is 104 Å². The van der Waals surface area contributed by atoms with Crippen LogP contribution in [0.5, 0.6) is 0 Å². The van der Waals surface area contributed by atoms with Gasteiger partial charge in [-0.1, -0.05) is 28.1 Å². The normalized spacial score (nSPS) is 17.5. The third-order valence-corrected chi connectivity index (χ3v) is 3.16. The van der Waals surface area contributed by atoms with Gasteiger partial charge in [-0.3, -0.25) is 0 Å². The van der Waals surface area contributed by atoms with Crippen molar-refractivity contribution in [3.63, 3.8) is 0 Å². The molecule has 0 spiro atoms. The van der Waals surface area contributed by atoms with Gasteiger partial charge in [0.25, 0.3) is 0 Å². The lowest BCUT2D eigenvalue weighted by molar-refractivity contribution is 0.0918. The van der Waals surface area contributed by atoms with Crippen LogP contribution in [0.2, 0.25) is 0 Å². The molecule has 0 radical (unpaired) electrons. The lowest BCUT2D eigenvalue weighted by atomic mass is 10.1. The molecule has 1 aliphatic heterocycles. The summed E-state index contributed by atoms with van der Waals surface area (Å²) < 4.78 is 6.49. The van der Waals surface area contributed by atoms with Gasteiger partial charge in [0.1, 0.15) is 11.9 Å². The minimum absolute atomic E-state index is 0.513. The van der Waals surface area contributed by atoms with Gasteiger partial charge in [0.2, 0.25) is 0 Å². The molecule has 0 saturated heterocycles. The SMILES string of the molecule is OC(Cc1ccc(Br)cc1)C1=CCCCO1. The summed E-state index contributed by atoms with van der Waals surface area (Å²) in [5.41, 5.74) is 1.12. The molecule has 1 aromatic carbocycles. The van der Waals surface area contributed by atoms with Crippen LogP contribution in [-0.2, 0) is 11.2 Å². The molecular weight excluding hydrogens is 268 g/mol. The Morgan fingerprint density at radius 3 is 2.69 bits per heavy atom. The molecule has 0 amide bonds. The van der Waals surface area contributed by atoms with E-state index in [1.165, 1.54) is 0 Å². The first-order chi connectivity index (χ1) is 7.75. The average molecular weight is 283 g/mol. The van der Waals surface area contributed by atoms with Gasteiger partial charge >= 0.3 is 0 Å². The molecule has 0 fully saturated rings. The van der Waals surface area contributed by atoms with Gasteiger partial charge in [-0.15, -0.1) is 0 Å². The molecule has 0 aliphatic carbocycles. The summed E-state index contributed by atoms with van der Waals surface area (Å²) in [5.74, 6) is 0.731. The number of rotatable bonds is 3. The molecule has 1 aliphatic rings. The van der Waals surface area contributed by atoms with Crippen LogP contribution in [0.15, 0.2) is 40.6 Å². The fraction of sp³-hybridized carbons (Fsp3) is 0.385. The lowest BCUT2D eigenvalue weighted by Crippen LogP contribution is -2.18. The second-order valence-corrected chi connectivity index (χ2v) is 4.86. The molecule has 0 saturated carbocycles. The number of benzene rings is 1. The van der Waals surface area contributed by atoms with Gasteiger partial charge in [-0.2, -0.15) is 0 Å². The largest absolute Gasteiger partial charge is 0.495 e. The lowest BCUT2D eigenvalue weighted by Gasteiger charge is -2.19. The third-order valence-electron chi connectivity index (χ3n) is 2.63. The Hall–Kier alpha value is -0.800. The standard InChI is InChI=1S/C13H15BrO2/c14-11-6-4-10(5-7-11)9-12(15)13-3-1-2-8-16-13/h3-7,12,15H,1-2,8-9H2. The quantitative estimate of drug-likeness (QED) is 0.924. The topological polar surface area (TPSA) is 29.5 Å². The molecule has 1 atom stereocenters. The molecule has 2 nitrogen and oxygen atoms in total. The third kappa shape index (κ3) is 3.09. The Bertz CT molecular complexity index is 370. The predicted octanol–water partition coefficient (Wildman–Crippen LogP) is 3.05. The highest BCUT2D eigenvalue weighted by atomic mass is 79.9. The molecule has 1 aromatic rings. The summed E-state index contributed by atoms with van der Waals surface area (Å²) in [7, 11) is 0. The highest BCUT2D eigenvalue weighted by Crippen LogP contribution is 2.18. The molecule has 0 bridgehead atoms. The highest BCUT2D eigenvalue weighted by molar-refractivity contribution is 9.10. The minimum atomic E-state index is -0.513. The molecule has 86 valence electrons. The summed E-state index contributed by atoms with van der Waals surface area (Å²) in [4.78, 5) is 0. The van der Waals surface area contributed by atoms with E-state index < -0.39 is 6.10 Å². The summed E-state index contributed by atoms with van der Waals surface area (Å²) in [5, 5.41) is 9.99. The van der Waals surface area contributed by atoms with Gasteiger partial charge in [0.15, 0.2) is 0 Å². The monoisotopic (exact) mass is 282 g/mol. The number of hydrogen-bond acceptors (Lipinski definition) is 2. The molecule has 1 unspecified atom stereocenters. The molecule has 2 rings (SSSR count). The zero-order valence-electron chi connectivity index (χ0n) is 9.03. The minimum Gasteiger partial charge on any atom is -0.495 e. The second kappa shape index (κ2) is 5.51. The smallest absolute Gasteiger partial charge is 0.121 e. The Morgan fingerprint density at radius 2 is 2.06 bits per heavy atom. The Kier molecular flexibility index (Phi) is 4.02. The fourth-order valence-electron chi connectivity index (χ4n) is 1.75. The first-order valence-corrected chi connectivity index (χ1v) is 6.30. The summed E-state index contributed by atoms with van der Waals surface area (Å²) in [6, 6.07) is 7.99. The summed E-state index contributed by atoms with van der Waals surface area (Å²) >= 11 is 3.39. The van der Waals surface area contributed by atoms with E-state index in [1.54, 1.807) is 0 Å². The van der Waals surface area contributed by atoms with Crippen molar-refractivity contribution in [1.29, 1.82) is 0 Å². The summed E-state index contributed by atoms with van der Waals surface area (Å²) in [6.07, 6.45) is 4.15. The second-order valence-electron chi connectivity index (χ2n) is 3.94. The van der Waals surface area contributed by atoms with Crippen molar-refractivity contribution < 1.29 is 9.84 Å². The Morgan fingerprint density at radius 1 is 1.31 bits per heavy atom. The van der Waals surface area contributed by atoms with Gasteiger partial charge in [-0.05, 0) is 36.6 Å². The fourth-order valence-corrected chi connectivity index (χ4v) is 2.02. The molecule has 1 N–H and O–H groups in total. The van der Waals surface area contributed by atoms with Gasteiger partial charge in [0.05, 0.1) is 6.61 Å². The maximum absolute atomic E-state index is 9.99. The first-order valence-electron chi connectivity index (χ1n) is 5.51. The zero-order chi connectivity index (χ0) is 11.4. The van der Waals surface area contributed by atoms with Crippen LogP contribution < -0.4 is 0 Å². The number of ether oxygens (including phenoxy) is 1. The highest BCUT2D eigenvalue weighted by Gasteiger charge is 2.15. The van der Waals surface area contributed by atoms with Crippen molar-refractivity contribution in [2.75, 3.05) is 6.61 Å². The summed E-state index contributed by atoms with van der Waals surface area (Å²) in [6.45, 7) is 0.725. The number of aliphatic hydroxyl groups is 1. The molecule has 16 heavy (non-hydrogen) atoms. The van der Waals surface area contributed by atoms with Crippen molar-refractivity contribution in [3.8, 4) is 0 Å². The van der Waals surface area contributed by atoms with Crippen molar-refractivity contribution in [2.45, 2.75) is 25.4 Å². The maximum Gasteiger partial charge on any atom is 0.121 e. The van der Waals surface area contributed by atoms with E-state index in [-0.39, 0.29) is 0 Å². The van der Waals surface area contributed by atoms with Crippen molar-refractivity contribution in [3.05, 3.63) is 46.1 Å². The van der Waals surface area contributed by atoms with Crippen LogP contribution in [0.4, 0.5) is 0 Å². The molecule has 1 heterocycles. The van der Waals surface area contributed by atoms with Crippen LogP contribution in [0.25, 0.3) is 0 Å². The van der Waals surface area contributed by atoms with Crippen LogP contribution in [-0.4, -0.2) is 17.8 Å². The maximum atomic E-state index is 9.99.